The predicted octanol–water partition coefficient (Wildman–Crippen LogP) is 0.679. The Morgan fingerprint density at radius 3 is 3.06 bits per heavy atom. The number of anilines is 1. The van der Waals surface area contributed by atoms with Crippen LogP contribution in [0.25, 0.3) is 0 Å². The molecule has 1 amide bonds. The lowest BCUT2D eigenvalue weighted by atomic mass is 10.3. The molecule has 1 aliphatic rings. The van der Waals surface area contributed by atoms with Gasteiger partial charge in [0.15, 0.2) is 5.13 Å². The van der Waals surface area contributed by atoms with E-state index in [1.54, 1.807) is 0 Å². The third kappa shape index (κ3) is 3.00. The Morgan fingerprint density at radius 2 is 2.47 bits per heavy atom. The quantitative estimate of drug-likeness (QED) is 0.442. The number of rotatable bonds is 6. The van der Waals surface area contributed by atoms with E-state index in [-0.39, 0.29) is 17.5 Å². The molecule has 0 bridgehead atoms. The third-order valence-corrected chi connectivity index (χ3v) is 2.72. The van der Waals surface area contributed by atoms with Crippen molar-refractivity contribution in [2.24, 2.45) is 5.16 Å². The van der Waals surface area contributed by atoms with Crippen molar-refractivity contribution in [3.05, 3.63) is 11.1 Å². The maximum Gasteiger partial charge on any atom is 0.360 e. The average Bonchev–Trinajstić information content (AvgIpc) is 2.99. The van der Waals surface area contributed by atoms with Crippen LogP contribution in [0.3, 0.4) is 0 Å². The summed E-state index contributed by atoms with van der Waals surface area (Å²) >= 11 is 1.12. The van der Waals surface area contributed by atoms with Gasteiger partial charge in [-0.1, -0.05) is 5.16 Å². The monoisotopic (exact) mass is 255 g/mol. The van der Waals surface area contributed by atoms with Gasteiger partial charge in [0.05, 0.1) is 0 Å². The molecule has 0 aromatic carbocycles. The Morgan fingerprint density at radius 1 is 1.71 bits per heavy atom. The SMILES string of the molecule is O=CNc1nc(C(=NOC2CC2)C(=O)O)cs1. The molecule has 0 spiro atoms. The summed E-state index contributed by atoms with van der Waals surface area (Å²) in [5.41, 5.74) is -0.0837. The zero-order chi connectivity index (χ0) is 12.3. The Balaban J connectivity index is 2.15. The van der Waals surface area contributed by atoms with Crippen molar-refractivity contribution in [3.63, 3.8) is 0 Å². The van der Waals surface area contributed by atoms with Gasteiger partial charge in [-0.15, -0.1) is 11.3 Å². The molecule has 0 aliphatic heterocycles. The molecule has 0 saturated heterocycles. The second-order valence-corrected chi connectivity index (χ2v) is 4.21. The normalized spacial score (nSPS) is 15.4. The van der Waals surface area contributed by atoms with E-state index in [1.807, 2.05) is 0 Å². The minimum absolute atomic E-state index is 0.0237. The molecule has 2 N–H and O–H groups in total. The molecular formula is C9H9N3O4S. The maximum atomic E-state index is 11.0. The molecule has 0 atom stereocenters. The topological polar surface area (TPSA) is 101 Å². The van der Waals surface area contributed by atoms with E-state index < -0.39 is 5.97 Å². The van der Waals surface area contributed by atoms with E-state index in [2.05, 4.69) is 15.5 Å². The first-order valence-corrected chi connectivity index (χ1v) is 5.72. The number of carboxylic acid groups (broad SMARTS) is 1. The van der Waals surface area contributed by atoms with Gasteiger partial charge < -0.3 is 15.3 Å². The van der Waals surface area contributed by atoms with Crippen LogP contribution in [-0.2, 0) is 14.4 Å². The molecule has 7 nitrogen and oxygen atoms in total. The number of carboxylic acids is 1. The van der Waals surface area contributed by atoms with Crippen LogP contribution >= 0.6 is 11.3 Å². The van der Waals surface area contributed by atoms with Crippen molar-refractivity contribution in [2.45, 2.75) is 18.9 Å². The fourth-order valence-electron chi connectivity index (χ4n) is 0.995. The fourth-order valence-corrected chi connectivity index (χ4v) is 1.65. The zero-order valence-electron chi connectivity index (χ0n) is 8.62. The van der Waals surface area contributed by atoms with Crippen LogP contribution in [0.4, 0.5) is 5.13 Å². The Hall–Kier alpha value is -1.96. The van der Waals surface area contributed by atoms with Crippen molar-refractivity contribution >= 4 is 34.6 Å². The fraction of sp³-hybridized carbons (Fsp3) is 0.333. The number of amides is 1. The van der Waals surface area contributed by atoms with Crippen LogP contribution in [-0.4, -0.2) is 34.3 Å². The van der Waals surface area contributed by atoms with Gasteiger partial charge in [0.2, 0.25) is 12.1 Å². The summed E-state index contributed by atoms with van der Waals surface area (Å²) in [6.07, 6.45) is 2.29. The summed E-state index contributed by atoms with van der Waals surface area (Å²) < 4.78 is 0. The lowest BCUT2D eigenvalue weighted by molar-refractivity contribution is -0.129. The van der Waals surface area contributed by atoms with Crippen LogP contribution in [0.5, 0.6) is 0 Å². The largest absolute Gasteiger partial charge is 0.476 e. The predicted molar refractivity (Wildman–Crippen MR) is 60.1 cm³/mol. The van der Waals surface area contributed by atoms with Crippen LogP contribution in [0.15, 0.2) is 10.5 Å². The summed E-state index contributed by atoms with van der Waals surface area (Å²) in [7, 11) is 0. The average molecular weight is 255 g/mol. The first-order chi connectivity index (χ1) is 8.20. The van der Waals surface area contributed by atoms with Gasteiger partial charge >= 0.3 is 5.97 Å². The van der Waals surface area contributed by atoms with Crippen LogP contribution in [0, 0.1) is 0 Å². The van der Waals surface area contributed by atoms with Crippen molar-refractivity contribution in [1.29, 1.82) is 0 Å². The van der Waals surface area contributed by atoms with E-state index in [9.17, 15) is 9.59 Å². The summed E-state index contributed by atoms with van der Waals surface area (Å²) in [6, 6.07) is 0. The molecule has 0 unspecified atom stereocenters. The molecule has 1 aromatic heterocycles. The molecule has 1 saturated carbocycles. The molecule has 1 heterocycles. The van der Waals surface area contributed by atoms with E-state index in [0.717, 1.165) is 24.2 Å². The Kier molecular flexibility index (Phi) is 3.33. The molecule has 1 fully saturated rings. The van der Waals surface area contributed by atoms with Crippen molar-refractivity contribution in [1.82, 2.24) is 4.98 Å². The van der Waals surface area contributed by atoms with E-state index >= 15 is 0 Å². The van der Waals surface area contributed by atoms with Crippen molar-refractivity contribution in [3.8, 4) is 0 Å². The lowest BCUT2D eigenvalue weighted by Crippen LogP contribution is -2.16. The number of thiazole rings is 1. The first kappa shape index (κ1) is 11.5. The number of aromatic nitrogens is 1. The van der Waals surface area contributed by atoms with Crippen LogP contribution in [0.2, 0.25) is 0 Å². The van der Waals surface area contributed by atoms with Crippen LogP contribution < -0.4 is 5.32 Å². The van der Waals surface area contributed by atoms with Gasteiger partial charge in [-0.2, -0.15) is 0 Å². The molecule has 2 rings (SSSR count). The number of carbonyl (C=O) groups is 2. The van der Waals surface area contributed by atoms with Gasteiger partial charge in [0.25, 0.3) is 0 Å². The van der Waals surface area contributed by atoms with Crippen molar-refractivity contribution in [2.75, 3.05) is 5.32 Å². The molecule has 1 aliphatic carbocycles. The van der Waals surface area contributed by atoms with E-state index in [1.165, 1.54) is 5.38 Å². The second kappa shape index (κ2) is 4.91. The Bertz CT molecular complexity index is 467. The molecule has 90 valence electrons. The standard InChI is InChI=1S/C9H9N3O4S/c13-4-10-9-11-6(3-17-9)7(8(14)15)12-16-5-1-2-5/h3-5H,1-2H2,(H,14,15)(H,10,11,13). The smallest absolute Gasteiger partial charge is 0.360 e. The first-order valence-electron chi connectivity index (χ1n) is 4.84. The van der Waals surface area contributed by atoms with Crippen molar-refractivity contribution < 1.29 is 19.5 Å². The number of hydrogen-bond acceptors (Lipinski definition) is 6. The minimum Gasteiger partial charge on any atom is -0.476 e. The number of oxime groups is 1. The molecule has 0 radical (unpaired) electrons. The third-order valence-electron chi connectivity index (χ3n) is 1.95. The summed E-state index contributed by atoms with van der Waals surface area (Å²) in [5, 5.41) is 16.7. The van der Waals surface area contributed by atoms with Crippen LogP contribution in [0.1, 0.15) is 18.5 Å². The number of nitrogens with one attached hydrogen (secondary N) is 1. The lowest BCUT2D eigenvalue weighted by Gasteiger charge is -1.98. The number of hydrogen-bond donors (Lipinski definition) is 2. The van der Waals surface area contributed by atoms with Gasteiger partial charge in [-0.3, -0.25) is 4.79 Å². The van der Waals surface area contributed by atoms with E-state index in [0.29, 0.717) is 11.5 Å². The van der Waals surface area contributed by atoms with Gasteiger partial charge in [0.1, 0.15) is 11.8 Å². The zero-order valence-corrected chi connectivity index (χ0v) is 9.44. The molecule has 1 aromatic rings. The maximum absolute atomic E-state index is 11.0. The molecule has 8 heteroatoms. The molecule has 17 heavy (non-hydrogen) atoms. The second-order valence-electron chi connectivity index (χ2n) is 3.35. The Labute approximate surface area is 100 Å². The summed E-state index contributed by atoms with van der Waals surface area (Å²) in [5.74, 6) is -1.21. The summed E-state index contributed by atoms with van der Waals surface area (Å²) in [4.78, 5) is 30.0. The minimum atomic E-state index is -1.21. The number of aliphatic carboxylic acids is 1. The van der Waals surface area contributed by atoms with E-state index in [4.69, 9.17) is 9.94 Å². The van der Waals surface area contributed by atoms with Gasteiger partial charge in [0, 0.05) is 5.38 Å². The highest BCUT2D eigenvalue weighted by Crippen LogP contribution is 2.24. The number of carbonyl (C=O) groups excluding carboxylic acids is 1. The van der Waals surface area contributed by atoms with Gasteiger partial charge in [-0.05, 0) is 12.8 Å². The molecular weight excluding hydrogens is 246 g/mol. The number of nitrogens with zero attached hydrogens (tertiary/aromatic N) is 2. The highest BCUT2D eigenvalue weighted by molar-refractivity contribution is 7.14. The highest BCUT2D eigenvalue weighted by atomic mass is 32.1. The van der Waals surface area contributed by atoms with Gasteiger partial charge in [-0.25, -0.2) is 9.78 Å². The highest BCUT2D eigenvalue weighted by Gasteiger charge is 2.25. The summed E-state index contributed by atoms with van der Waals surface area (Å²) in [6.45, 7) is 0.